The molecule has 24 heavy (non-hydrogen) atoms. The maximum atomic E-state index is 11.7. The Morgan fingerprint density at radius 2 is 2.08 bits per heavy atom. The predicted octanol–water partition coefficient (Wildman–Crippen LogP) is 1.78. The zero-order valence-corrected chi connectivity index (χ0v) is 13.8. The molecule has 6 heteroatoms. The number of hydrogen-bond acceptors (Lipinski definition) is 5. The lowest BCUT2D eigenvalue weighted by atomic mass is 9.82. The summed E-state index contributed by atoms with van der Waals surface area (Å²) in [5.41, 5.74) is 1.98. The number of fused-ring (bicyclic) bond motifs is 1. The second-order valence-electron chi connectivity index (χ2n) is 7.18. The molecule has 1 spiro atoms. The van der Waals surface area contributed by atoms with Crippen molar-refractivity contribution in [2.45, 2.75) is 56.7 Å². The number of pyridine rings is 1. The van der Waals surface area contributed by atoms with Crippen LogP contribution in [-0.4, -0.2) is 52.6 Å². The highest BCUT2D eigenvalue weighted by atomic mass is 16.5. The summed E-state index contributed by atoms with van der Waals surface area (Å²) in [6, 6.07) is 1.81. The number of carboxylic acids is 1. The Hall–Kier alpha value is -1.66. The van der Waals surface area contributed by atoms with Gasteiger partial charge < -0.3 is 19.8 Å². The standard InChI is InChI=1S/C18H24N2O4/c21-15-5-2-10-24-18(15)6-8-20(9-7-18)16-13(17(22)23)11-12-3-1-4-14(12)19-16/h11,15,21H,1-10H2,(H,22,23). The zero-order valence-electron chi connectivity index (χ0n) is 13.8. The topological polar surface area (TPSA) is 82.9 Å². The van der Waals surface area contributed by atoms with Gasteiger partial charge in [-0.2, -0.15) is 0 Å². The molecule has 4 rings (SSSR count). The number of piperidine rings is 1. The molecular weight excluding hydrogens is 308 g/mol. The van der Waals surface area contributed by atoms with Crippen LogP contribution >= 0.6 is 0 Å². The highest BCUT2D eigenvalue weighted by Crippen LogP contribution is 2.37. The number of aryl methyl sites for hydroxylation is 2. The van der Waals surface area contributed by atoms with Crippen molar-refractivity contribution in [1.29, 1.82) is 0 Å². The van der Waals surface area contributed by atoms with Gasteiger partial charge in [-0.05, 0) is 56.6 Å². The quantitative estimate of drug-likeness (QED) is 0.859. The van der Waals surface area contributed by atoms with Crippen LogP contribution in [0.1, 0.15) is 53.7 Å². The van der Waals surface area contributed by atoms with Crippen LogP contribution in [0.2, 0.25) is 0 Å². The molecule has 2 N–H and O–H groups in total. The molecule has 3 heterocycles. The van der Waals surface area contributed by atoms with E-state index in [9.17, 15) is 15.0 Å². The molecule has 0 saturated carbocycles. The molecule has 1 aliphatic carbocycles. The fourth-order valence-electron chi connectivity index (χ4n) is 4.35. The van der Waals surface area contributed by atoms with Crippen molar-refractivity contribution in [3.05, 3.63) is 22.9 Å². The van der Waals surface area contributed by atoms with Gasteiger partial charge >= 0.3 is 5.97 Å². The summed E-state index contributed by atoms with van der Waals surface area (Å²) in [6.07, 6.45) is 5.61. The van der Waals surface area contributed by atoms with Gasteiger partial charge in [-0.3, -0.25) is 0 Å². The maximum absolute atomic E-state index is 11.7. The summed E-state index contributed by atoms with van der Waals surface area (Å²) < 4.78 is 5.94. The van der Waals surface area contributed by atoms with E-state index in [1.165, 1.54) is 0 Å². The Labute approximate surface area is 141 Å². The lowest BCUT2D eigenvalue weighted by Gasteiger charge is -2.47. The molecule has 6 nitrogen and oxygen atoms in total. The Kier molecular flexibility index (Phi) is 3.96. The van der Waals surface area contributed by atoms with E-state index in [2.05, 4.69) is 4.90 Å². The van der Waals surface area contributed by atoms with Gasteiger partial charge in [0.15, 0.2) is 0 Å². The van der Waals surface area contributed by atoms with Crippen LogP contribution in [0.3, 0.4) is 0 Å². The van der Waals surface area contributed by atoms with Crippen LogP contribution in [-0.2, 0) is 17.6 Å². The first-order chi connectivity index (χ1) is 11.6. The molecule has 130 valence electrons. The largest absolute Gasteiger partial charge is 0.478 e. The molecule has 0 aromatic carbocycles. The molecule has 1 unspecified atom stereocenters. The second kappa shape index (κ2) is 6.01. The maximum Gasteiger partial charge on any atom is 0.339 e. The minimum Gasteiger partial charge on any atom is -0.478 e. The molecular formula is C18H24N2O4. The number of aliphatic hydroxyl groups excluding tert-OH is 1. The van der Waals surface area contributed by atoms with Gasteiger partial charge in [-0.1, -0.05) is 0 Å². The number of anilines is 1. The molecule has 3 aliphatic rings. The second-order valence-corrected chi connectivity index (χ2v) is 7.18. The van der Waals surface area contributed by atoms with Gasteiger partial charge in [-0.15, -0.1) is 0 Å². The van der Waals surface area contributed by atoms with Crippen molar-refractivity contribution < 1.29 is 19.7 Å². The first kappa shape index (κ1) is 15.8. The number of carboxylic acid groups (broad SMARTS) is 1. The molecule has 2 saturated heterocycles. The highest BCUT2D eigenvalue weighted by molar-refractivity contribution is 5.93. The van der Waals surface area contributed by atoms with E-state index in [0.717, 1.165) is 43.4 Å². The summed E-state index contributed by atoms with van der Waals surface area (Å²) in [7, 11) is 0. The van der Waals surface area contributed by atoms with Gasteiger partial charge in [0.1, 0.15) is 11.4 Å². The van der Waals surface area contributed by atoms with Gasteiger partial charge in [0.2, 0.25) is 0 Å². The number of rotatable bonds is 2. The Morgan fingerprint density at radius 1 is 1.29 bits per heavy atom. The first-order valence-corrected chi connectivity index (χ1v) is 8.92. The molecule has 0 amide bonds. The lowest BCUT2D eigenvalue weighted by molar-refractivity contribution is -0.164. The number of aromatic carboxylic acids is 1. The average molecular weight is 332 g/mol. The minimum absolute atomic E-state index is 0.303. The molecule has 2 fully saturated rings. The van der Waals surface area contributed by atoms with E-state index in [-0.39, 0.29) is 0 Å². The number of aromatic nitrogens is 1. The summed E-state index contributed by atoms with van der Waals surface area (Å²) >= 11 is 0. The first-order valence-electron chi connectivity index (χ1n) is 8.92. The van der Waals surface area contributed by atoms with E-state index in [0.29, 0.717) is 43.9 Å². The monoisotopic (exact) mass is 332 g/mol. The van der Waals surface area contributed by atoms with Gasteiger partial charge in [-0.25, -0.2) is 9.78 Å². The number of ether oxygens (including phenoxy) is 1. The summed E-state index contributed by atoms with van der Waals surface area (Å²) in [6.45, 7) is 2.04. The van der Waals surface area contributed by atoms with Crippen LogP contribution < -0.4 is 4.90 Å². The van der Waals surface area contributed by atoms with Crippen molar-refractivity contribution in [1.82, 2.24) is 4.98 Å². The van der Waals surface area contributed by atoms with Crippen LogP contribution in [0, 0.1) is 0 Å². The van der Waals surface area contributed by atoms with Crippen LogP contribution in [0.4, 0.5) is 5.82 Å². The van der Waals surface area contributed by atoms with Crippen molar-refractivity contribution in [2.75, 3.05) is 24.6 Å². The van der Waals surface area contributed by atoms with Crippen LogP contribution in [0.25, 0.3) is 0 Å². The lowest BCUT2D eigenvalue weighted by Crippen LogP contribution is -2.55. The van der Waals surface area contributed by atoms with Gasteiger partial charge in [0, 0.05) is 25.4 Å². The average Bonchev–Trinajstić information content (AvgIpc) is 3.05. The fourth-order valence-corrected chi connectivity index (χ4v) is 4.35. The van der Waals surface area contributed by atoms with E-state index < -0.39 is 17.7 Å². The fraction of sp³-hybridized carbons (Fsp3) is 0.667. The summed E-state index contributed by atoms with van der Waals surface area (Å²) in [5.74, 6) is -0.329. The van der Waals surface area contributed by atoms with Gasteiger partial charge in [0.25, 0.3) is 0 Å². The minimum atomic E-state index is -0.915. The molecule has 0 radical (unpaired) electrons. The van der Waals surface area contributed by atoms with Crippen molar-refractivity contribution in [3.8, 4) is 0 Å². The molecule has 0 bridgehead atoms. The molecule has 2 aliphatic heterocycles. The molecule has 1 aromatic heterocycles. The molecule has 1 atom stereocenters. The third-order valence-corrected chi connectivity index (χ3v) is 5.79. The van der Waals surface area contributed by atoms with Crippen molar-refractivity contribution in [3.63, 3.8) is 0 Å². The Bertz CT molecular complexity index is 653. The summed E-state index contributed by atoms with van der Waals surface area (Å²) in [5, 5.41) is 19.9. The van der Waals surface area contributed by atoms with Crippen LogP contribution in [0.15, 0.2) is 6.07 Å². The number of carbonyl (C=O) groups is 1. The van der Waals surface area contributed by atoms with E-state index in [4.69, 9.17) is 9.72 Å². The van der Waals surface area contributed by atoms with Crippen molar-refractivity contribution in [2.24, 2.45) is 0 Å². The number of nitrogens with zero attached hydrogens (tertiary/aromatic N) is 2. The zero-order chi connectivity index (χ0) is 16.7. The number of aliphatic hydroxyl groups is 1. The third kappa shape index (κ3) is 2.58. The van der Waals surface area contributed by atoms with E-state index in [1.807, 2.05) is 6.07 Å². The number of hydrogen-bond donors (Lipinski definition) is 2. The Balaban J connectivity index is 1.58. The smallest absolute Gasteiger partial charge is 0.339 e. The Morgan fingerprint density at radius 3 is 2.79 bits per heavy atom. The van der Waals surface area contributed by atoms with Crippen molar-refractivity contribution >= 4 is 11.8 Å². The SMILES string of the molecule is O=C(O)c1cc2c(nc1N1CCC3(CC1)OCCCC3O)CCC2. The van der Waals surface area contributed by atoms with Gasteiger partial charge in [0.05, 0.1) is 11.7 Å². The van der Waals surface area contributed by atoms with E-state index >= 15 is 0 Å². The highest BCUT2D eigenvalue weighted by Gasteiger charge is 2.44. The third-order valence-electron chi connectivity index (χ3n) is 5.79. The summed E-state index contributed by atoms with van der Waals surface area (Å²) in [4.78, 5) is 18.4. The predicted molar refractivity (Wildman–Crippen MR) is 88.6 cm³/mol. The van der Waals surface area contributed by atoms with Crippen LogP contribution in [0.5, 0.6) is 0 Å². The normalized spacial score (nSPS) is 25.7. The van der Waals surface area contributed by atoms with E-state index in [1.54, 1.807) is 0 Å². The molecule has 1 aromatic rings.